The number of pyridine rings is 1. The molecule has 0 atom stereocenters. The summed E-state index contributed by atoms with van der Waals surface area (Å²) in [6.45, 7) is 0.734. The van der Waals surface area contributed by atoms with Crippen LogP contribution in [0.4, 0.5) is 5.82 Å². The fourth-order valence-electron chi connectivity index (χ4n) is 1.31. The second-order valence-corrected chi connectivity index (χ2v) is 3.63. The van der Waals surface area contributed by atoms with Crippen molar-refractivity contribution in [3.05, 3.63) is 59.2 Å². The first-order valence-electron chi connectivity index (χ1n) is 4.74. The van der Waals surface area contributed by atoms with Gasteiger partial charge in [-0.3, -0.25) is 0 Å². The minimum atomic E-state index is 0.734. The highest BCUT2D eigenvalue weighted by Gasteiger charge is 1.94. The fraction of sp³-hybridized carbons (Fsp3) is 0.0833. The van der Waals surface area contributed by atoms with Crippen LogP contribution < -0.4 is 5.32 Å². The maximum Gasteiger partial charge on any atom is 0.126 e. The van der Waals surface area contributed by atoms with Gasteiger partial charge in [0.1, 0.15) is 5.82 Å². The molecule has 0 bridgehead atoms. The Balaban J connectivity index is 1.99. The summed E-state index contributed by atoms with van der Waals surface area (Å²) in [7, 11) is 0. The van der Waals surface area contributed by atoms with E-state index < -0.39 is 0 Å². The van der Waals surface area contributed by atoms with Gasteiger partial charge < -0.3 is 5.32 Å². The van der Waals surface area contributed by atoms with Crippen molar-refractivity contribution in [2.45, 2.75) is 6.54 Å². The van der Waals surface area contributed by atoms with Gasteiger partial charge in [0.15, 0.2) is 0 Å². The largest absolute Gasteiger partial charge is 0.366 e. The van der Waals surface area contributed by atoms with Crippen molar-refractivity contribution in [1.29, 1.82) is 0 Å². The Kier molecular flexibility index (Phi) is 3.20. The molecular weight excluding hydrogens is 208 g/mol. The first kappa shape index (κ1) is 9.99. The van der Waals surface area contributed by atoms with Gasteiger partial charge in [0.2, 0.25) is 0 Å². The van der Waals surface area contributed by atoms with Crippen LogP contribution >= 0.6 is 11.6 Å². The Bertz CT molecular complexity index is 429. The average Bonchev–Trinajstić information content (AvgIpc) is 2.28. The summed E-state index contributed by atoms with van der Waals surface area (Å²) in [6.07, 6.45) is 1.76. The lowest BCUT2D eigenvalue weighted by Gasteiger charge is -2.05. The lowest BCUT2D eigenvalue weighted by Crippen LogP contribution is -2.00. The van der Waals surface area contributed by atoms with E-state index in [2.05, 4.69) is 10.3 Å². The molecule has 1 heterocycles. The third kappa shape index (κ3) is 2.96. The molecule has 0 aliphatic heterocycles. The molecule has 0 saturated heterocycles. The second kappa shape index (κ2) is 4.80. The Labute approximate surface area is 93.9 Å². The summed E-state index contributed by atoms with van der Waals surface area (Å²) in [6, 6.07) is 13.6. The third-order valence-corrected chi connectivity index (χ3v) is 2.26. The summed E-state index contributed by atoms with van der Waals surface area (Å²) in [5, 5.41) is 3.98. The van der Waals surface area contributed by atoms with Crippen LogP contribution in [0.5, 0.6) is 0 Å². The lowest BCUT2D eigenvalue weighted by atomic mass is 10.2. The minimum absolute atomic E-state index is 0.734. The molecule has 3 heteroatoms. The average molecular weight is 219 g/mol. The number of aromatic nitrogens is 1. The third-order valence-electron chi connectivity index (χ3n) is 2.03. The van der Waals surface area contributed by atoms with E-state index in [1.807, 2.05) is 42.5 Å². The molecule has 76 valence electrons. The van der Waals surface area contributed by atoms with Crippen LogP contribution in [0.3, 0.4) is 0 Å². The molecule has 0 fully saturated rings. The Morgan fingerprint density at radius 2 is 2.07 bits per heavy atom. The Morgan fingerprint density at radius 1 is 1.13 bits per heavy atom. The van der Waals surface area contributed by atoms with Crippen LogP contribution in [0.15, 0.2) is 48.7 Å². The number of halogens is 1. The van der Waals surface area contributed by atoms with Gasteiger partial charge in [-0.25, -0.2) is 4.98 Å². The van der Waals surface area contributed by atoms with Gasteiger partial charge in [-0.05, 0) is 29.8 Å². The summed E-state index contributed by atoms with van der Waals surface area (Å²) in [5.41, 5.74) is 1.15. The van der Waals surface area contributed by atoms with Gasteiger partial charge >= 0.3 is 0 Å². The van der Waals surface area contributed by atoms with Gasteiger partial charge in [-0.15, -0.1) is 0 Å². The lowest BCUT2D eigenvalue weighted by molar-refractivity contribution is 1.11. The predicted octanol–water partition coefficient (Wildman–Crippen LogP) is 3.35. The van der Waals surface area contributed by atoms with Crippen molar-refractivity contribution < 1.29 is 0 Å². The molecule has 0 radical (unpaired) electrons. The van der Waals surface area contributed by atoms with E-state index in [1.165, 1.54) is 0 Å². The smallest absolute Gasteiger partial charge is 0.126 e. The highest BCUT2D eigenvalue weighted by atomic mass is 35.5. The van der Waals surface area contributed by atoms with E-state index in [1.54, 1.807) is 6.20 Å². The van der Waals surface area contributed by atoms with Crippen molar-refractivity contribution in [3.8, 4) is 0 Å². The molecule has 2 rings (SSSR count). The summed E-state index contributed by atoms with van der Waals surface area (Å²) >= 11 is 5.88. The first-order chi connectivity index (χ1) is 7.34. The zero-order chi connectivity index (χ0) is 10.5. The number of anilines is 1. The monoisotopic (exact) mass is 218 g/mol. The van der Waals surface area contributed by atoms with Crippen LogP contribution in [0, 0.1) is 0 Å². The molecule has 0 amide bonds. The topological polar surface area (TPSA) is 24.9 Å². The van der Waals surface area contributed by atoms with E-state index >= 15 is 0 Å². The molecule has 2 aromatic rings. The maximum absolute atomic E-state index is 5.88. The van der Waals surface area contributed by atoms with E-state index in [0.29, 0.717) is 0 Å². The minimum Gasteiger partial charge on any atom is -0.366 e. The second-order valence-electron chi connectivity index (χ2n) is 3.20. The van der Waals surface area contributed by atoms with Gasteiger partial charge in [0, 0.05) is 17.8 Å². The molecule has 0 aliphatic rings. The predicted molar refractivity (Wildman–Crippen MR) is 63.0 cm³/mol. The molecule has 1 aromatic carbocycles. The normalized spacial score (nSPS) is 9.93. The first-order valence-corrected chi connectivity index (χ1v) is 5.12. The van der Waals surface area contributed by atoms with Crippen LogP contribution in [0.2, 0.25) is 5.02 Å². The van der Waals surface area contributed by atoms with E-state index in [0.717, 1.165) is 22.9 Å². The van der Waals surface area contributed by atoms with Crippen LogP contribution in [-0.2, 0) is 6.54 Å². The number of hydrogen-bond acceptors (Lipinski definition) is 2. The fourth-order valence-corrected chi connectivity index (χ4v) is 1.52. The van der Waals surface area contributed by atoms with Crippen LogP contribution in [0.25, 0.3) is 0 Å². The Morgan fingerprint density at radius 3 is 2.80 bits per heavy atom. The van der Waals surface area contributed by atoms with Crippen molar-refractivity contribution in [3.63, 3.8) is 0 Å². The van der Waals surface area contributed by atoms with Gasteiger partial charge in [0.25, 0.3) is 0 Å². The quantitative estimate of drug-likeness (QED) is 0.855. The molecule has 15 heavy (non-hydrogen) atoms. The highest BCUT2D eigenvalue weighted by molar-refractivity contribution is 6.30. The van der Waals surface area contributed by atoms with Crippen LogP contribution in [0.1, 0.15) is 5.56 Å². The number of hydrogen-bond donors (Lipinski definition) is 1. The molecule has 2 nitrogen and oxygen atoms in total. The van der Waals surface area contributed by atoms with Gasteiger partial charge in [-0.2, -0.15) is 0 Å². The zero-order valence-electron chi connectivity index (χ0n) is 8.15. The number of rotatable bonds is 3. The summed E-state index contributed by atoms with van der Waals surface area (Å²) < 4.78 is 0. The number of nitrogens with one attached hydrogen (secondary N) is 1. The molecule has 1 N–H and O–H groups in total. The Hall–Kier alpha value is -1.54. The summed E-state index contributed by atoms with van der Waals surface area (Å²) in [5.74, 6) is 0.873. The maximum atomic E-state index is 5.88. The summed E-state index contributed by atoms with van der Waals surface area (Å²) in [4.78, 5) is 4.17. The van der Waals surface area contributed by atoms with Gasteiger partial charge in [0.05, 0.1) is 0 Å². The number of benzene rings is 1. The molecular formula is C12H11ClN2. The number of nitrogens with zero attached hydrogens (tertiary/aromatic N) is 1. The van der Waals surface area contributed by atoms with E-state index in [-0.39, 0.29) is 0 Å². The van der Waals surface area contributed by atoms with Crippen molar-refractivity contribution in [1.82, 2.24) is 4.98 Å². The molecule has 0 saturated carbocycles. The standard InChI is InChI=1S/C12H11ClN2/c13-11-5-3-4-10(8-11)9-15-12-6-1-2-7-14-12/h1-8H,9H2,(H,14,15). The van der Waals surface area contributed by atoms with Gasteiger partial charge in [-0.1, -0.05) is 29.8 Å². The highest BCUT2D eigenvalue weighted by Crippen LogP contribution is 2.11. The molecule has 0 unspecified atom stereocenters. The molecule has 0 aliphatic carbocycles. The van der Waals surface area contributed by atoms with Crippen molar-refractivity contribution >= 4 is 17.4 Å². The van der Waals surface area contributed by atoms with Crippen molar-refractivity contribution in [2.24, 2.45) is 0 Å². The molecule has 0 spiro atoms. The van der Waals surface area contributed by atoms with E-state index in [4.69, 9.17) is 11.6 Å². The van der Waals surface area contributed by atoms with Crippen LogP contribution in [-0.4, -0.2) is 4.98 Å². The van der Waals surface area contributed by atoms with Crippen molar-refractivity contribution in [2.75, 3.05) is 5.32 Å². The SMILES string of the molecule is Clc1cccc(CNc2ccccn2)c1. The van der Waals surface area contributed by atoms with E-state index in [9.17, 15) is 0 Å². The zero-order valence-corrected chi connectivity index (χ0v) is 8.91. The molecule has 1 aromatic heterocycles.